The molecule has 0 bridgehead atoms. The van der Waals surface area contributed by atoms with E-state index in [1.54, 1.807) is 0 Å². The summed E-state index contributed by atoms with van der Waals surface area (Å²) in [5.41, 5.74) is 3.32. The van der Waals surface area contributed by atoms with Gasteiger partial charge in [-0.1, -0.05) is 30.3 Å². The molecule has 3 heterocycles. The number of hydrogen-bond donors (Lipinski definition) is 1. The van der Waals surface area contributed by atoms with E-state index in [-0.39, 0.29) is 0 Å². The maximum absolute atomic E-state index is 4.54. The quantitative estimate of drug-likeness (QED) is 0.796. The van der Waals surface area contributed by atoms with E-state index in [4.69, 9.17) is 0 Å². The fourth-order valence-corrected chi connectivity index (χ4v) is 3.86. The molecule has 2 aromatic heterocycles. The molecule has 4 rings (SSSR count). The predicted molar refractivity (Wildman–Crippen MR) is 101 cm³/mol. The number of benzene rings is 1. The van der Waals surface area contributed by atoms with Crippen molar-refractivity contribution in [2.24, 2.45) is 5.92 Å². The molecule has 1 N–H and O–H groups in total. The summed E-state index contributed by atoms with van der Waals surface area (Å²) in [6.45, 7) is 4.27. The Morgan fingerprint density at radius 2 is 2.04 bits per heavy atom. The summed E-state index contributed by atoms with van der Waals surface area (Å²) in [6, 6.07) is 15.3. The molecule has 1 aliphatic heterocycles. The molecule has 130 valence electrons. The summed E-state index contributed by atoms with van der Waals surface area (Å²) < 4.78 is 1.91. The number of nitrogens with one attached hydrogen (secondary N) is 1. The van der Waals surface area contributed by atoms with E-state index in [0.717, 1.165) is 43.1 Å². The second kappa shape index (κ2) is 6.84. The highest BCUT2D eigenvalue weighted by Crippen LogP contribution is 2.24. The van der Waals surface area contributed by atoms with E-state index in [0.29, 0.717) is 12.0 Å². The number of aromatic nitrogens is 3. The van der Waals surface area contributed by atoms with Crippen molar-refractivity contribution in [3.05, 3.63) is 59.9 Å². The number of rotatable bonds is 4. The van der Waals surface area contributed by atoms with Gasteiger partial charge >= 0.3 is 0 Å². The lowest BCUT2D eigenvalue weighted by molar-refractivity contribution is 0.193. The minimum Gasteiger partial charge on any atom is -0.367 e. The number of anilines is 1. The summed E-state index contributed by atoms with van der Waals surface area (Å²) in [7, 11) is 2.22. The number of nitrogens with zero attached hydrogens (tertiary/aromatic N) is 4. The van der Waals surface area contributed by atoms with Crippen molar-refractivity contribution in [2.45, 2.75) is 25.8 Å². The van der Waals surface area contributed by atoms with Gasteiger partial charge in [-0.05, 0) is 44.8 Å². The molecule has 1 saturated heterocycles. The van der Waals surface area contributed by atoms with Crippen LogP contribution >= 0.6 is 0 Å². The Kier molecular flexibility index (Phi) is 4.40. The van der Waals surface area contributed by atoms with E-state index in [2.05, 4.69) is 63.7 Å². The van der Waals surface area contributed by atoms with Crippen molar-refractivity contribution in [1.82, 2.24) is 19.5 Å². The molecule has 0 amide bonds. The van der Waals surface area contributed by atoms with E-state index in [1.807, 2.05) is 23.7 Å². The van der Waals surface area contributed by atoms with E-state index in [1.165, 1.54) is 5.56 Å². The molecular weight excluding hydrogens is 310 g/mol. The largest absolute Gasteiger partial charge is 0.367 e. The van der Waals surface area contributed by atoms with Crippen LogP contribution in [-0.4, -0.2) is 45.7 Å². The Bertz CT molecular complexity index is 842. The molecule has 0 spiro atoms. The number of aryl methyl sites for hydroxylation is 1. The van der Waals surface area contributed by atoms with Crippen LogP contribution in [0.25, 0.3) is 5.65 Å². The highest BCUT2D eigenvalue weighted by atomic mass is 15.3. The normalized spacial score (nSPS) is 21.5. The van der Waals surface area contributed by atoms with Gasteiger partial charge in [0.2, 0.25) is 0 Å². The second-order valence-electron chi connectivity index (χ2n) is 7.14. The van der Waals surface area contributed by atoms with Crippen molar-refractivity contribution < 1.29 is 0 Å². The van der Waals surface area contributed by atoms with Crippen LogP contribution in [0.5, 0.6) is 0 Å². The first-order chi connectivity index (χ1) is 12.2. The lowest BCUT2D eigenvalue weighted by atomic mass is 9.87. The van der Waals surface area contributed by atoms with Gasteiger partial charge in [-0.15, -0.1) is 0 Å². The SMILES string of the molecule is Cc1cc(NC2CCN(C)CC2Cc2ccccc2)n2nccc2n1. The van der Waals surface area contributed by atoms with Crippen molar-refractivity contribution in [1.29, 1.82) is 0 Å². The summed E-state index contributed by atoms with van der Waals surface area (Å²) in [5.74, 6) is 1.61. The Morgan fingerprint density at radius 1 is 1.20 bits per heavy atom. The van der Waals surface area contributed by atoms with Gasteiger partial charge < -0.3 is 10.2 Å². The zero-order valence-electron chi connectivity index (χ0n) is 14.9. The zero-order valence-corrected chi connectivity index (χ0v) is 14.9. The predicted octanol–water partition coefficient (Wildman–Crippen LogP) is 3.01. The number of piperidine rings is 1. The molecule has 0 radical (unpaired) electrons. The van der Waals surface area contributed by atoms with Crippen LogP contribution < -0.4 is 5.32 Å². The van der Waals surface area contributed by atoms with Gasteiger partial charge in [0, 0.05) is 30.4 Å². The van der Waals surface area contributed by atoms with E-state index in [9.17, 15) is 0 Å². The highest BCUT2D eigenvalue weighted by molar-refractivity contribution is 5.49. The molecule has 0 saturated carbocycles. The van der Waals surface area contributed by atoms with Crippen LogP contribution in [0.4, 0.5) is 5.82 Å². The monoisotopic (exact) mass is 335 g/mol. The first-order valence-corrected chi connectivity index (χ1v) is 8.99. The van der Waals surface area contributed by atoms with Crippen molar-refractivity contribution in [3.8, 4) is 0 Å². The minimum absolute atomic E-state index is 0.436. The number of fused-ring (bicyclic) bond motifs is 1. The van der Waals surface area contributed by atoms with Crippen LogP contribution in [0.15, 0.2) is 48.7 Å². The van der Waals surface area contributed by atoms with Crippen molar-refractivity contribution in [3.63, 3.8) is 0 Å². The third-order valence-corrected chi connectivity index (χ3v) is 5.10. The molecule has 3 aromatic rings. The number of likely N-dealkylation sites (tertiary alicyclic amines) is 1. The summed E-state index contributed by atoms with van der Waals surface area (Å²) in [5, 5.41) is 8.21. The standard InChI is InChI=1S/C20H25N5/c1-15-12-20(25-19(22-15)8-10-21-25)23-18-9-11-24(2)14-17(18)13-16-6-4-3-5-7-16/h3-8,10,12,17-18,23H,9,11,13-14H2,1-2H3. The van der Waals surface area contributed by atoms with Crippen LogP contribution in [0, 0.1) is 12.8 Å². The molecule has 5 nitrogen and oxygen atoms in total. The fraction of sp³-hybridized carbons (Fsp3) is 0.400. The molecule has 25 heavy (non-hydrogen) atoms. The summed E-state index contributed by atoms with van der Waals surface area (Å²) in [4.78, 5) is 6.98. The number of hydrogen-bond acceptors (Lipinski definition) is 4. The van der Waals surface area contributed by atoms with Gasteiger partial charge in [0.15, 0.2) is 5.65 Å². The zero-order chi connectivity index (χ0) is 17.2. The average Bonchev–Trinajstić information content (AvgIpc) is 3.06. The Hall–Kier alpha value is -2.40. The third kappa shape index (κ3) is 3.51. The first-order valence-electron chi connectivity index (χ1n) is 8.99. The maximum Gasteiger partial charge on any atom is 0.157 e. The second-order valence-corrected chi connectivity index (χ2v) is 7.14. The van der Waals surface area contributed by atoms with Gasteiger partial charge in [-0.3, -0.25) is 0 Å². The van der Waals surface area contributed by atoms with E-state index >= 15 is 0 Å². The molecule has 5 heteroatoms. The van der Waals surface area contributed by atoms with Crippen molar-refractivity contribution in [2.75, 3.05) is 25.5 Å². The van der Waals surface area contributed by atoms with Gasteiger partial charge in [-0.2, -0.15) is 9.61 Å². The highest BCUT2D eigenvalue weighted by Gasteiger charge is 2.28. The topological polar surface area (TPSA) is 45.5 Å². The minimum atomic E-state index is 0.436. The smallest absolute Gasteiger partial charge is 0.157 e. The molecule has 1 aromatic carbocycles. The van der Waals surface area contributed by atoms with Crippen LogP contribution in [0.3, 0.4) is 0 Å². The van der Waals surface area contributed by atoms with Gasteiger partial charge in [-0.25, -0.2) is 4.98 Å². The molecule has 2 atom stereocenters. The van der Waals surface area contributed by atoms with E-state index < -0.39 is 0 Å². The van der Waals surface area contributed by atoms with Gasteiger partial charge in [0.1, 0.15) is 5.82 Å². The summed E-state index contributed by atoms with van der Waals surface area (Å²) in [6.07, 6.45) is 4.04. The fourth-order valence-electron chi connectivity index (χ4n) is 3.86. The summed E-state index contributed by atoms with van der Waals surface area (Å²) >= 11 is 0. The Labute approximate surface area is 148 Å². The van der Waals surface area contributed by atoms with Gasteiger partial charge in [0.05, 0.1) is 6.20 Å². The average molecular weight is 335 g/mol. The molecule has 1 aliphatic rings. The van der Waals surface area contributed by atoms with Crippen LogP contribution in [-0.2, 0) is 6.42 Å². The van der Waals surface area contributed by atoms with Gasteiger partial charge in [0.25, 0.3) is 0 Å². The molecular formula is C20H25N5. The Balaban J connectivity index is 1.59. The first kappa shape index (κ1) is 16.1. The third-order valence-electron chi connectivity index (χ3n) is 5.10. The molecule has 0 aliphatic carbocycles. The van der Waals surface area contributed by atoms with Crippen LogP contribution in [0.2, 0.25) is 0 Å². The lowest BCUT2D eigenvalue weighted by Gasteiger charge is -2.38. The van der Waals surface area contributed by atoms with Crippen molar-refractivity contribution >= 4 is 11.5 Å². The molecule has 2 unspecified atom stereocenters. The molecule has 1 fully saturated rings. The Morgan fingerprint density at radius 3 is 2.88 bits per heavy atom. The maximum atomic E-state index is 4.54. The van der Waals surface area contributed by atoms with Crippen LogP contribution in [0.1, 0.15) is 17.7 Å². The lowest BCUT2D eigenvalue weighted by Crippen LogP contribution is -2.45.